The monoisotopic (exact) mass is 421 g/mol. The molecule has 0 aliphatic carbocycles. The molecule has 2 fully saturated rings. The van der Waals surface area contributed by atoms with Gasteiger partial charge in [0.25, 0.3) is 0 Å². The van der Waals surface area contributed by atoms with Crippen molar-refractivity contribution in [3.8, 4) is 0 Å². The number of ether oxygens (including phenoxy) is 7. The zero-order valence-electron chi connectivity index (χ0n) is 17.3. The van der Waals surface area contributed by atoms with Crippen LogP contribution in [0.5, 0.6) is 0 Å². The van der Waals surface area contributed by atoms with Gasteiger partial charge < -0.3 is 43.4 Å². The van der Waals surface area contributed by atoms with Crippen molar-refractivity contribution in [2.24, 2.45) is 11.0 Å². The number of aliphatic hydroxyl groups excluding tert-OH is 2. The molecule has 2 saturated heterocycles. The molecule has 0 aromatic rings. The van der Waals surface area contributed by atoms with Gasteiger partial charge in [0.05, 0.1) is 25.4 Å². The molecule has 2 heterocycles. The molecule has 0 aromatic heterocycles. The Balaban J connectivity index is 2.24. The molecule has 2 aliphatic heterocycles. The fourth-order valence-corrected chi connectivity index (χ4v) is 3.70. The lowest BCUT2D eigenvalue weighted by molar-refractivity contribution is -0.355. The molecule has 0 saturated carbocycles. The van der Waals surface area contributed by atoms with Gasteiger partial charge in [0, 0.05) is 39.3 Å². The third-order valence-electron chi connectivity index (χ3n) is 5.38. The summed E-state index contributed by atoms with van der Waals surface area (Å²) >= 11 is 0. The molecule has 29 heavy (non-hydrogen) atoms. The van der Waals surface area contributed by atoms with Gasteiger partial charge in [-0.15, -0.1) is 0 Å². The Bertz CT molecular complexity index is 548. The molecule has 0 amide bonds. The molecule has 10 atom stereocenters. The predicted octanol–water partition coefficient (Wildman–Crippen LogP) is -0.188. The molecule has 0 spiro atoms. The van der Waals surface area contributed by atoms with Crippen LogP contribution in [-0.4, -0.2) is 107 Å². The van der Waals surface area contributed by atoms with E-state index < -0.39 is 55.3 Å². The SMILES string of the molecule is COCC1O[C@@H](OC)C(OC)[C@@H](O)[C@H]1O[C@@H]1OC(CN=[N+]=[N-])[C@H](C)[C@H](O)C1OC. The Hall–Kier alpha value is -1.05. The maximum absolute atomic E-state index is 10.9. The second-order valence-corrected chi connectivity index (χ2v) is 7.03. The molecular formula is C17H31N3O9. The maximum atomic E-state index is 10.9. The number of methoxy groups -OCH3 is 4. The first-order valence-electron chi connectivity index (χ1n) is 9.34. The minimum absolute atomic E-state index is 0.0166. The van der Waals surface area contributed by atoms with E-state index >= 15 is 0 Å². The summed E-state index contributed by atoms with van der Waals surface area (Å²) < 4.78 is 38.9. The van der Waals surface area contributed by atoms with Gasteiger partial charge in [-0.3, -0.25) is 0 Å². The normalized spacial score (nSPS) is 43.0. The van der Waals surface area contributed by atoms with Gasteiger partial charge in [-0.2, -0.15) is 0 Å². The van der Waals surface area contributed by atoms with E-state index in [-0.39, 0.29) is 19.1 Å². The minimum Gasteiger partial charge on any atom is -0.390 e. The molecule has 2 N–H and O–H groups in total. The second kappa shape index (κ2) is 11.4. The highest BCUT2D eigenvalue weighted by atomic mass is 16.7. The van der Waals surface area contributed by atoms with Crippen LogP contribution in [0.3, 0.4) is 0 Å². The van der Waals surface area contributed by atoms with Crippen molar-refractivity contribution >= 4 is 0 Å². The zero-order valence-corrected chi connectivity index (χ0v) is 17.3. The Morgan fingerprint density at radius 3 is 2.07 bits per heavy atom. The van der Waals surface area contributed by atoms with Gasteiger partial charge in [0.15, 0.2) is 12.6 Å². The molecule has 0 aromatic carbocycles. The van der Waals surface area contributed by atoms with Crippen molar-refractivity contribution < 1.29 is 43.4 Å². The molecule has 0 radical (unpaired) electrons. The topological polar surface area (TPSA) is 154 Å². The van der Waals surface area contributed by atoms with Crippen LogP contribution < -0.4 is 0 Å². The van der Waals surface area contributed by atoms with Crippen molar-refractivity contribution in [1.82, 2.24) is 0 Å². The number of nitrogens with zero attached hydrogens (tertiary/aromatic N) is 3. The van der Waals surface area contributed by atoms with Gasteiger partial charge in [-0.1, -0.05) is 12.0 Å². The van der Waals surface area contributed by atoms with Crippen LogP contribution >= 0.6 is 0 Å². The molecule has 12 nitrogen and oxygen atoms in total. The van der Waals surface area contributed by atoms with Crippen LogP contribution in [0.4, 0.5) is 0 Å². The molecular weight excluding hydrogens is 390 g/mol. The summed E-state index contributed by atoms with van der Waals surface area (Å²) in [5.41, 5.74) is 8.60. The van der Waals surface area contributed by atoms with Gasteiger partial charge in [-0.05, 0) is 5.53 Å². The fraction of sp³-hybridized carbons (Fsp3) is 1.00. The highest BCUT2D eigenvalue weighted by molar-refractivity contribution is 4.94. The lowest BCUT2D eigenvalue weighted by atomic mass is 9.90. The fourth-order valence-electron chi connectivity index (χ4n) is 3.70. The number of aliphatic hydroxyl groups is 2. The standard InChI is InChI=1S/C17H31N3O9/c1-8-9(6-19-20-18)27-17(14(24-3)11(8)21)29-13-10(7-23-2)28-16(26-5)15(25-4)12(13)22/h8-17,21-22H,6-7H2,1-5H3/t8-,9?,10?,11-,12-,13-,14?,15?,16+,17-/m0/s1. The van der Waals surface area contributed by atoms with E-state index in [9.17, 15) is 10.2 Å². The zero-order chi connectivity index (χ0) is 21.6. The van der Waals surface area contributed by atoms with E-state index in [0.29, 0.717) is 0 Å². The van der Waals surface area contributed by atoms with Crippen molar-refractivity contribution in [2.75, 3.05) is 41.6 Å². The van der Waals surface area contributed by atoms with Crippen molar-refractivity contribution in [3.05, 3.63) is 10.4 Å². The van der Waals surface area contributed by atoms with Crippen LogP contribution in [0, 0.1) is 5.92 Å². The van der Waals surface area contributed by atoms with Crippen LogP contribution in [0.25, 0.3) is 10.4 Å². The molecule has 168 valence electrons. The quantitative estimate of drug-likeness (QED) is 0.293. The molecule has 12 heteroatoms. The first-order chi connectivity index (χ1) is 13.9. The van der Waals surface area contributed by atoms with Crippen LogP contribution in [0.2, 0.25) is 0 Å². The molecule has 2 rings (SSSR count). The van der Waals surface area contributed by atoms with Crippen LogP contribution in [0.1, 0.15) is 6.92 Å². The van der Waals surface area contributed by atoms with Gasteiger partial charge in [-0.25, -0.2) is 0 Å². The summed E-state index contributed by atoms with van der Waals surface area (Å²) in [5.74, 6) is -0.364. The number of hydrogen-bond acceptors (Lipinski definition) is 10. The van der Waals surface area contributed by atoms with Crippen LogP contribution in [0.15, 0.2) is 5.11 Å². The Kier molecular flexibility index (Phi) is 9.50. The average molecular weight is 421 g/mol. The average Bonchev–Trinajstić information content (AvgIpc) is 2.72. The first kappa shape index (κ1) is 24.2. The third kappa shape index (κ3) is 5.36. The lowest BCUT2D eigenvalue weighted by Gasteiger charge is -2.47. The molecule has 0 bridgehead atoms. The van der Waals surface area contributed by atoms with Crippen LogP contribution in [-0.2, 0) is 33.2 Å². The summed E-state index contributed by atoms with van der Waals surface area (Å²) in [6.07, 6.45) is -7.79. The van der Waals surface area contributed by atoms with E-state index in [2.05, 4.69) is 10.0 Å². The highest BCUT2D eigenvalue weighted by Crippen LogP contribution is 2.33. The summed E-state index contributed by atoms with van der Waals surface area (Å²) in [6, 6.07) is 0. The summed E-state index contributed by atoms with van der Waals surface area (Å²) in [5, 5.41) is 25.0. The second-order valence-electron chi connectivity index (χ2n) is 7.03. The molecule has 4 unspecified atom stereocenters. The van der Waals surface area contributed by atoms with E-state index in [1.807, 2.05) is 0 Å². The lowest BCUT2D eigenvalue weighted by Crippen LogP contribution is -2.64. The van der Waals surface area contributed by atoms with E-state index in [0.717, 1.165) is 0 Å². The third-order valence-corrected chi connectivity index (χ3v) is 5.38. The predicted molar refractivity (Wildman–Crippen MR) is 97.9 cm³/mol. The van der Waals surface area contributed by atoms with Crippen molar-refractivity contribution in [1.29, 1.82) is 0 Å². The van der Waals surface area contributed by atoms with Gasteiger partial charge in [0.2, 0.25) is 0 Å². The Morgan fingerprint density at radius 1 is 0.897 bits per heavy atom. The Labute approximate surface area is 169 Å². The summed E-state index contributed by atoms with van der Waals surface area (Å²) in [4.78, 5) is 2.74. The Morgan fingerprint density at radius 2 is 1.52 bits per heavy atom. The summed E-state index contributed by atoms with van der Waals surface area (Å²) in [6.45, 7) is 1.90. The maximum Gasteiger partial charge on any atom is 0.187 e. The molecule has 2 aliphatic rings. The van der Waals surface area contributed by atoms with E-state index in [4.69, 9.17) is 38.7 Å². The van der Waals surface area contributed by atoms with E-state index in [1.165, 1.54) is 28.4 Å². The van der Waals surface area contributed by atoms with Gasteiger partial charge >= 0.3 is 0 Å². The van der Waals surface area contributed by atoms with Crippen molar-refractivity contribution in [2.45, 2.75) is 62.2 Å². The largest absolute Gasteiger partial charge is 0.390 e. The van der Waals surface area contributed by atoms with Gasteiger partial charge in [0.1, 0.15) is 30.5 Å². The number of hydrogen-bond donors (Lipinski definition) is 2. The highest BCUT2D eigenvalue weighted by Gasteiger charge is 2.51. The van der Waals surface area contributed by atoms with Crippen molar-refractivity contribution in [3.63, 3.8) is 0 Å². The smallest absolute Gasteiger partial charge is 0.187 e. The number of azide groups is 1. The minimum atomic E-state index is -1.13. The first-order valence-corrected chi connectivity index (χ1v) is 9.34. The number of rotatable bonds is 9. The van der Waals surface area contributed by atoms with E-state index in [1.54, 1.807) is 6.92 Å². The summed E-state index contributed by atoms with van der Waals surface area (Å²) in [7, 11) is 5.78.